The van der Waals surface area contributed by atoms with E-state index in [1.54, 1.807) is 0 Å². The van der Waals surface area contributed by atoms with Crippen molar-refractivity contribution < 1.29 is 0 Å². The summed E-state index contributed by atoms with van der Waals surface area (Å²) in [7, 11) is 0. The van der Waals surface area contributed by atoms with Crippen molar-refractivity contribution in [1.82, 2.24) is 0 Å². The molecule has 0 radical (unpaired) electrons. The van der Waals surface area contributed by atoms with Crippen LogP contribution in [-0.2, 0) is 0 Å². The van der Waals surface area contributed by atoms with E-state index in [1.165, 1.54) is 31.3 Å². The molecule has 0 aromatic heterocycles. The fourth-order valence-corrected chi connectivity index (χ4v) is 1.90. The van der Waals surface area contributed by atoms with Crippen LogP contribution in [0.3, 0.4) is 0 Å². The van der Waals surface area contributed by atoms with Crippen LogP contribution in [0.2, 0.25) is 0 Å². The van der Waals surface area contributed by atoms with Gasteiger partial charge in [0.05, 0.1) is 0 Å². The summed E-state index contributed by atoms with van der Waals surface area (Å²) < 4.78 is 0. The first-order valence-electron chi connectivity index (χ1n) is 4.41. The molecule has 0 bridgehead atoms. The molecule has 1 rings (SSSR count). The lowest BCUT2D eigenvalue weighted by molar-refractivity contribution is 0.364. The van der Waals surface area contributed by atoms with Crippen LogP contribution in [0, 0.1) is 11.8 Å². The summed E-state index contributed by atoms with van der Waals surface area (Å²) in [5, 5.41) is 0. The van der Waals surface area contributed by atoms with Crippen LogP contribution in [0.25, 0.3) is 0 Å². The second kappa shape index (κ2) is 3.23. The van der Waals surface area contributed by atoms with Gasteiger partial charge in [-0.15, -0.1) is 0 Å². The molecule has 0 aromatic carbocycles. The number of rotatable bonds is 1. The minimum atomic E-state index is 0.844. The van der Waals surface area contributed by atoms with Crippen LogP contribution in [-0.4, -0.2) is 0 Å². The molecule has 58 valence electrons. The van der Waals surface area contributed by atoms with E-state index in [1.807, 2.05) is 0 Å². The summed E-state index contributed by atoms with van der Waals surface area (Å²) in [6, 6.07) is 0. The Labute approximate surface area is 64.3 Å². The van der Waals surface area contributed by atoms with E-state index in [2.05, 4.69) is 20.4 Å². The van der Waals surface area contributed by atoms with E-state index in [0.29, 0.717) is 0 Å². The molecule has 0 heteroatoms. The Morgan fingerprint density at radius 1 is 1.50 bits per heavy atom. The van der Waals surface area contributed by atoms with Crippen molar-refractivity contribution in [2.24, 2.45) is 11.8 Å². The fraction of sp³-hybridized carbons (Fsp3) is 0.800. The van der Waals surface area contributed by atoms with Gasteiger partial charge in [0.1, 0.15) is 0 Å². The average Bonchev–Trinajstić information content (AvgIpc) is 1.88. The average molecular weight is 138 g/mol. The van der Waals surface area contributed by atoms with Gasteiger partial charge >= 0.3 is 0 Å². The molecule has 1 saturated carbocycles. The standard InChI is InChI=1S/C10H18/c1-4-10-6-5-8(2)7-9(10)3/h8,10H,3-7H2,1-2H3. The van der Waals surface area contributed by atoms with Crippen LogP contribution in [0.4, 0.5) is 0 Å². The van der Waals surface area contributed by atoms with Gasteiger partial charge < -0.3 is 0 Å². The second-order valence-electron chi connectivity index (χ2n) is 3.65. The van der Waals surface area contributed by atoms with Crippen molar-refractivity contribution in [2.45, 2.75) is 39.5 Å². The Bertz CT molecular complexity index is 124. The van der Waals surface area contributed by atoms with Gasteiger partial charge in [0.2, 0.25) is 0 Å². The predicted molar refractivity (Wildman–Crippen MR) is 45.9 cm³/mol. The smallest absolute Gasteiger partial charge is 0.0208 e. The molecule has 0 spiro atoms. The maximum atomic E-state index is 4.12. The van der Waals surface area contributed by atoms with Crippen LogP contribution in [0.1, 0.15) is 39.5 Å². The Morgan fingerprint density at radius 3 is 2.70 bits per heavy atom. The van der Waals surface area contributed by atoms with Gasteiger partial charge in [0.15, 0.2) is 0 Å². The third-order valence-electron chi connectivity index (χ3n) is 2.69. The highest BCUT2D eigenvalue weighted by molar-refractivity contribution is 5.04. The largest absolute Gasteiger partial charge is 0.0996 e. The Balaban J connectivity index is 2.43. The number of allylic oxidation sites excluding steroid dienone is 1. The quantitative estimate of drug-likeness (QED) is 0.487. The molecular formula is C10H18. The lowest BCUT2D eigenvalue weighted by atomic mass is 9.78. The van der Waals surface area contributed by atoms with Crippen LogP contribution >= 0.6 is 0 Å². The van der Waals surface area contributed by atoms with Gasteiger partial charge in [-0.25, -0.2) is 0 Å². The number of hydrogen-bond donors (Lipinski definition) is 0. The summed E-state index contributed by atoms with van der Waals surface area (Å²) in [5.74, 6) is 1.74. The van der Waals surface area contributed by atoms with Gasteiger partial charge in [0.25, 0.3) is 0 Å². The van der Waals surface area contributed by atoms with Crippen LogP contribution in [0.5, 0.6) is 0 Å². The zero-order valence-corrected chi connectivity index (χ0v) is 7.19. The molecule has 2 atom stereocenters. The fourth-order valence-electron chi connectivity index (χ4n) is 1.90. The van der Waals surface area contributed by atoms with Gasteiger partial charge in [-0.3, -0.25) is 0 Å². The topological polar surface area (TPSA) is 0 Å². The molecular weight excluding hydrogens is 120 g/mol. The van der Waals surface area contributed by atoms with Crippen molar-refractivity contribution in [1.29, 1.82) is 0 Å². The molecule has 1 fully saturated rings. The van der Waals surface area contributed by atoms with Gasteiger partial charge in [-0.05, 0) is 37.5 Å². The molecule has 1 aliphatic rings. The zero-order chi connectivity index (χ0) is 7.56. The SMILES string of the molecule is C=C1CC(C)CCC1CC. The van der Waals surface area contributed by atoms with Crippen LogP contribution in [0.15, 0.2) is 12.2 Å². The Morgan fingerprint density at radius 2 is 2.20 bits per heavy atom. The molecule has 0 aliphatic heterocycles. The Hall–Kier alpha value is -0.260. The highest BCUT2D eigenvalue weighted by Crippen LogP contribution is 2.33. The van der Waals surface area contributed by atoms with E-state index in [4.69, 9.17) is 0 Å². The molecule has 0 N–H and O–H groups in total. The zero-order valence-electron chi connectivity index (χ0n) is 7.19. The van der Waals surface area contributed by atoms with E-state index in [9.17, 15) is 0 Å². The summed E-state index contributed by atoms with van der Waals surface area (Å²) in [4.78, 5) is 0. The van der Waals surface area contributed by atoms with Crippen LogP contribution < -0.4 is 0 Å². The molecule has 2 unspecified atom stereocenters. The van der Waals surface area contributed by atoms with Crippen molar-refractivity contribution in [3.8, 4) is 0 Å². The van der Waals surface area contributed by atoms with Gasteiger partial charge in [-0.1, -0.05) is 26.0 Å². The molecule has 0 heterocycles. The van der Waals surface area contributed by atoms with E-state index in [0.717, 1.165) is 11.8 Å². The monoisotopic (exact) mass is 138 g/mol. The molecule has 0 saturated heterocycles. The summed E-state index contributed by atoms with van der Waals surface area (Å²) in [5.41, 5.74) is 1.50. The van der Waals surface area contributed by atoms with E-state index < -0.39 is 0 Å². The van der Waals surface area contributed by atoms with Crippen molar-refractivity contribution >= 4 is 0 Å². The van der Waals surface area contributed by atoms with Crippen molar-refractivity contribution in [2.75, 3.05) is 0 Å². The van der Waals surface area contributed by atoms with E-state index in [-0.39, 0.29) is 0 Å². The number of hydrogen-bond acceptors (Lipinski definition) is 0. The second-order valence-corrected chi connectivity index (χ2v) is 3.65. The lowest BCUT2D eigenvalue weighted by Crippen LogP contribution is -2.13. The summed E-state index contributed by atoms with van der Waals surface area (Å²) in [6.45, 7) is 8.72. The molecule has 0 amide bonds. The first-order chi connectivity index (χ1) is 4.74. The highest BCUT2D eigenvalue weighted by Gasteiger charge is 2.19. The van der Waals surface area contributed by atoms with Crippen molar-refractivity contribution in [3.63, 3.8) is 0 Å². The van der Waals surface area contributed by atoms with Crippen molar-refractivity contribution in [3.05, 3.63) is 12.2 Å². The third-order valence-corrected chi connectivity index (χ3v) is 2.69. The molecule has 10 heavy (non-hydrogen) atoms. The minimum absolute atomic E-state index is 0.844. The maximum Gasteiger partial charge on any atom is -0.0208 e. The minimum Gasteiger partial charge on any atom is -0.0996 e. The van der Waals surface area contributed by atoms with E-state index >= 15 is 0 Å². The highest BCUT2D eigenvalue weighted by atomic mass is 14.2. The van der Waals surface area contributed by atoms with Gasteiger partial charge in [-0.2, -0.15) is 0 Å². The molecule has 0 nitrogen and oxygen atoms in total. The maximum absolute atomic E-state index is 4.12. The summed E-state index contributed by atoms with van der Waals surface area (Å²) >= 11 is 0. The predicted octanol–water partition coefficient (Wildman–Crippen LogP) is 3.39. The summed E-state index contributed by atoms with van der Waals surface area (Å²) in [6.07, 6.45) is 5.37. The Kier molecular flexibility index (Phi) is 2.53. The first-order valence-corrected chi connectivity index (χ1v) is 4.41. The normalized spacial score (nSPS) is 34.4. The third kappa shape index (κ3) is 1.62. The van der Waals surface area contributed by atoms with Gasteiger partial charge in [0, 0.05) is 0 Å². The molecule has 0 aromatic rings. The first kappa shape index (κ1) is 7.84. The molecule has 1 aliphatic carbocycles. The lowest BCUT2D eigenvalue weighted by Gasteiger charge is -2.27.